The fraction of sp³-hybridized carbons (Fsp3) is 0.235. The third-order valence-corrected chi connectivity index (χ3v) is 4.44. The predicted octanol–water partition coefficient (Wildman–Crippen LogP) is 5.84. The molecule has 22 heavy (non-hydrogen) atoms. The number of amides is 1. The molecule has 0 bridgehead atoms. The summed E-state index contributed by atoms with van der Waals surface area (Å²) in [4.78, 5) is 12.1. The number of hydrogen-bond acceptors (Lipinski definition) is 2. The van der Waals surface area contributed by atoms with Crippen molar-refractivity contribution in [2.24, 2.45) is 0 Å². The van der Waals surface area contributed by atoms with Crippen LogP contribution < -0.4 is 10.1 Å². The smallest absolute Gasteiger partial charge is 0.408 e. The van der Waals surface area contributed by atoms with Crippen LogP contribution in [0, 0.1) is 27.7 Å². The molecule has 2 rings (SSSR count). The molecule has 2 aromatic rings. The summed E-state index contributed by atoms with van der Waals surface area (Å²) >= 11 is 12.3. The molecule has 0 saturated carbocycles. The van der Waals surface area contributed by atoms with Crippen LogP contribution in [0.1, 0.15) is 22.3 Å². The van der Waals surface area contributed by atoms with Gasteiger partial charge in [-0.2, -0.15) is 0 Å². The van der Waals surface area contributed by atoms with Crippen LogP contribution >= 0.6 is 23.2 Å². The number of benzene rings is 2. The van der Waals surface area contributed by atoms with Crippen molar-refractivity contribution in [3.63, 3.8) is 0 Å². The molecule has 1 N–H and O–H groups in total. The third kappa shape index (κ3) is 3.54. The van der Waals surface area contributed by atoms with E-state index in [0.717, 1.165) is 16.7 Å². The maximum Gasteiger partial charge on any atom is 0.417 e. The minimum atomic E-state index is -0.588. The zero-order valence-corrected chi connectivity index (χ0v) is 14.4. The monoisotopic (exact) mass is 337 g/mol. The van der Waals surface area contributed by atoms with Crippen molar-refractivity contribution in [3.05, 3.63) is 56.6 Å². The van der Waals surface area contributed by atoms with Gasteiger partial charge >= 0.3 is 6.09 Å². The van der Waals surface area contributed by atoms with Crippen molar-refractivity contribution in [3.8, 4) is 5.75 Å². The summed E-state index contributed by atoms with van der Waals surface area (Å²) in [5.74, 6) is 0.295. The number of nitrogens with one attached hydrogen (secondary N) is 1. The lowest BCUT2D eigenvalue weighted by Crippen LogP contribution is -2.17. The molecular formula is C17H17Cl2NO2. The molecule has 0 unspecified atom stereocenters. The van der Waals surface area contributed by atoms with E-state index < -0.39 is 6.09 Å². The lowest BCUT2D eigenvalue weighted by molar-refractivity contribution is 0.215. The zero-order chi connectivity index (χ0) is 16.4. The van der Waals surface area contributed by atoms with Crippen LogP contribution in [0.25, 0.3) is 0 Å². The second-order valence-electron chi connectivity index (χ2n) is 5.28. The van der Waals surface area contributed by atoms with Gasteiger partial charge in [-0.05, 0) is 56.5 Å². The van der Waals surface area contributed by atoms with E-state index in [4.69, 9.17) is 27.9 Å². The molecule has 5 heteroatoms. The van der Waals surface area contributed by atoms with Gasteiger partial charge in [0.15, 0.2) is 5.75 Å². The van der Waals surface area contributed by atoms with Crippen LogP contribution in [-0.2, 0) is 0 Å². The van der Waals surface area contributed by atoms with E-state index in [1.165, 1.54) is 0 Å². The van der Waals surface area contributed by atoms with Gasteiger partial charge in [-0.15, -0.1) is 0 Å². The highest BCUT2D eigenvalue weighted by Crippen LogP contribution is 2.35. The molecule has 0 fully saturated rings. The van der Waals surface area contributed by atoms with Crippen LogP contribution in [0.4, 0.5) is 10.5 Å². The van der Waals surface area contributed by atoms with Gasteiger partial charge in [-0.25, -0.2) is 4.79 Å². The van der Waals surface area contributed by atoms with E-state index in [1.54, 1.807) is 13.0 Å². The van der Waals surface area contributed by atoms with E-state index in [1.807, 2.05) is 39.0 Å². The number of hydrogen-bond donors (Lipinski definition) is 1. The molecule has 0 aromatic heterocycles. The molecule has 0 spiro atoms. The maximum atomic E-state index is 12.1. The minimum absolute atomic E-state index is 0.295. The van der Waals surface area contributed by atoms with Crippen LogP contribution in [-0.4, -0.2) is 6.09 Å². The van der Waals surface area contributed by atoms with Gasteiger partial charge in [0.25, 0.3) is 0 Å². The van der Waals surface area contributed by atoms with E-state index in [9.17, 15) is 4.79 Å². The number of halogens is 2. The zero-order valence-electron chi connectivity index (χ0n) is 12.9. The molecule has 0 heterocycles. The Balaban J connectivity index is 2.19. The van der Waals surface area contributed by atoms with Crippen molar-refractivity contribution in [1.82, 2.24) is 0 Å². The molecule has 0 aliphatic rings. The molecular weight excluding hydrogens is 321 g/mol. The largest absolute Gasteiger partial charge is 0.417 e. The lowest BCUT2D eigenvalue weighted by Gasteiger charge is -2.13. The number of aryl methyl sites for hydroxylation is 3. The van der Waals surface area contributed by atoms with Crippen molar-refractivity contribution in [1.29, 1.82) is 0 Å². The fourth-order valence-corrected chi connectivity index (χ4v) is 2.55. The quantitative estimate of drug-likeness (QED) is 0.747. The average Bonchev–Trinajstić information content (AvgIpc) is 2.45. The summed E-state index contributed by atoms with van der Waals surface area (Å²) in [7, 11) is 0. The van der Waals surface area contributed by atoms with Crippen molar-refractivity contribution in [2.75, 3.05) is 5.32 Å². The number of carbonyl (C=O) groups is 1. The fourth-order valence-electron chi connectivity index (χ4n) is 2.16. The number of ether oxygens (including phenoxy) is 1. The molecule has 0 radical (unpaired) electrons. The molecule has 3 nitrogen and oxygen atoms in total. The van der Waals surface area contributed by atoms with Gasteiger partial charge in [-0.1, -0.05) is 40.9 Å². The summed E-state index contributed by atoms with van der Waals surface area (Å²) < 4.78 is 5.31. The van der Waals surface area contributed by atoms with E-state index in [0.29, 0.717) is 27.0 Å². The molecule has 0 aliphatic heterocycles. The van der Waals surface area contributed by atoms with Gasteiger partial charge in [0.1, 0.15) is 0 Å². The summed E-state index contributed by atoms with van der Waals surface area (Å²) in [6.07, 6.45) is -0.588. The molecule has 0 saturated heterocycles. The van der Waals surface area contributed by atoms with Gasteiger partial charge in [0, 0.05) is 10.7 Å². The van der Waals surface area contributed by atoms with Crippen LogP contribution in [0.5, 0.6) is 5.75 Å². The summed E-state index contributed by atoms with van der Waals surface area (Å²) in [5.41, 5.74) is 4.29. The lowest BCUT2D eigenvalue weighted by atomic mass is 10.1. The van der Waals surface area contributed by atoms with Crippen LogP contribution in [0.2, 0.25) is 10.0 Å². The van der Waals surface area contributed by atoms with Crippen LogP contribution in [0.15, 0.2) is 24.3 Å². The first-order valence-corrected chi connectivity index (χ1v) is 7.56. The standard InChI is InChI=1S/C17H17Cl2NO2/c1-9-5-6-13(10(2)7-9)20-17(21)22-14-8-11(3)15(18)12(4)16(14)19/h5-8H,1-4H3,(H,20,21). The second-order valence-corrected chi connectivity index (χ2v) is 6.03. The SMILES string of the molecule is Cc1ccc(NC(=O)Oc2cc(C)c(Cl)c(C)c2Cl)c(C)c1. The highest BCUT2D eigenvalue weighted by atomic mass is 35.5. The first-order valence-electron chi connectivity index (χ1n) is 6.81. The normalized spacial score (nSPS) is 10.5. The first kappa shape index (κ1) is 16.7. The highest BCUT2D eigenvalue weighted by molar-refractivity contribution is 6.37. The van der Waals surface area contributed by atoms with Gasteiger partial charge in [-0.3, -0.25) is 5.32 Å². The summed E-state index contributed by atoms with van der Waals surface area (Å²) in [6, 6.07) is 7.40. The Bertz CT molecular complexity index is 742. The number of anilines is 1. The Hall–Kier alpha value is -1.71. The molecule has 0 atom stereocenters. The predicted molar refractivity (Wildman–Crippen MR) is 91.5 cm³/mol. The molecule has 116 valence electrons. The molecule has 2 aromatic carbocycles. The summed E-state index contributed by atoms with van der Waals surface area (Å²) in [6.45, 7) is 7.54. The van der Waals surface area contributed by atoms with Gasteiger partial charge in [0.2, 0.25) is 0 Å². The topological polar surface area (TPSA) is 38.3 Å². The van der Waals surface area contributed by atoms with Gasteiger partial charge in [0.05, 0.1) is 5.02 Å². The minimum Gasteiger partial charge on any atom is -0.408 e. The second kappa shape index (κ2) is 6.59. The Kier molecular flexibility index (Phi) is 4.99. The van der Waals surface area contributed by atoms with E-state index in [-0.39, 0.29) is 0 Å². The highest BCUT2D eigenvalue weighted by Gasteiger charge is 2.15. The Morgan fingerprint density at radius 2 is 1.68 bits per heavy atom. The van der Waals surface area contributed by atoms with Gasteiger partial charge < -0.3 is 4.74 Å². The Morgan fingerprint density at radius 3 is 2.32 bits per heavy atom. The average molecular weight is 338 g/mol. The maximum absolute atomic E-state index is 12.1. The van der Waals surface area contributed by atoms with Crippen molar-refractivity contribution >= 4 is 35.0 Å². The molecule has 0 aliphatic carbocycles. The van der Waals surface area contributed by atoms with Crippen molar-refractivity contribution < 1.29 is 9.53 Å². The first-order chi connectivity index (χ1) is 10.3. The number of carbonyl (C=O) groups excluding carboxylic acids is 1. The molecule has 1 amide bonds. The van der Waals surface area contributed by atoms with Crippen molar-refractivity contribution in [2.45, 2.75) is 27.7 Å². The Labute approximate surface area is 140 Å². The Morgan fingerprint density at radius 1 is 1.00 bits per heavy atom. The van der Waals surface area contributed by atoms with E-state index >= 15 is 0 Å². The summed E-state index contributed by atoms with van der Waals surface area (Å²) in [5, 5.41) is 3.63. The third-order valence-electron chi connectivity index (χ3n) is 3.39. The van der Waals surface area contributed by atoms with Crippen LogP contribution in [0.3, 0.4) is 0 Å². The number of rotatable bonds is 2. The van der Waals surface area contributed by atoms with E-state index in [2.05, 4.69) is 5.32 Å².